The van der Waals surface area contributed by atoms with Gasteiger partial charge in [0.05, 0.1) is 29.3 Å². The molecule has 3 amide bonds. The third-order valence-corrected chi connectivity index (χ3v) is 9.43. The highest BCUT2D eigenvalue weighted by atomic mass is 16.6. The van der Waals surface area contributed by atoms with Crippen LogP contribution in [-0.2, 0) is 16.1 Å². The first-order valence-corrected chi connectivity index (χ1v) is 16.4. The number of carbonyl (C=O) groups excluding carboxylic acids is 2. The lowest BCUT2D eigenvalue weighted by Crippen LogP contribution is -2.60. The second kappa shape index (κ2) is 13.3. The van der Waals surface area contributed by atoms with Gasteiger partial charge in [0.1, 0.15) is 24.4 Å². The van der Waals surface area contributed by atoms with Gasteiger partial charge in [-0.25, -0.2) is 24.5 Å². The van der Waals surface area contributed by atoms with E-state index in [0.29, 0.717) is 23.6 Å². The highest BCUT2D eigenvalue weighted by Crippen LogP contribution is 2.44. The van der Waals surface area contributed by atoms with Gasteiger partial charge in [-0.1, -0.05) is 60.7 Å². The molecule has 0 saturated carbocycles. The number of nitrogens with zero attached hydrogens (tertiary/aromatic N) is 7. The number of aryl methyl sites for hydroxylation is 2. The van der Waals surface area contributed by atoms with Gasteiger partial charge in [-0.2, -0.15) is 5.26 Å². The second-order valence-electron chi connectivity index (χ2n) is 12.3. The summed E-state index contributed by atoms with van der Waals surface area (Å²) in [6.07, 6.45) is -0.431. The van der Waals surface area contributed by atoms with E-state index >= 15 is 0 Å². The molecule has 2 aliphatic rings. The summed E-state index contributed by atoms with van der Waals surface area (Å²) in [5, 5.41) is 22.7. The van der Waals surface area contributed by atoms with Gasteiger partial charge in [0.2, 0.25) is 5.95 Å². The molecule has 0 spiro atoms. The molecule has 2 unspecified atom stereocenters. The summed E-state index contributed by atoms with van der Waals surface area (Å²) in [5.74, 6) is -1.31. The molecule has 13 heteroatoms. The molecule has 1 aliphatic heterocycles. The standard InChI is InChI=1S/C37H34N8O5/c1-3-44-30-15-9-8-14-29(30)40-33(44)27(18-38)32-22(2)19-39-35(41-32)42-34(46)31-20-43(36(47)48)16-17-45(31)37(49)50-21-28-25-12-6-4-10-23(25)24-11-5-7-13-26(24)28/h4-15,19,27-28,31H,3,16-17,20-21H2,1-2H3,(H,47,48)(H,39,41,42,46). The molecule has 7 rings (SSSR count). The number of carboxylic acid groups (broad SMARTS) is 1. The number of anilines is 1. The zero-order valence-electron chi connectivity index (χ0n) is 27.5. The van der Waals surface area contributed by atoms with Crippen LogP contribution in [0.1, 0.15) is 47.0 Å². The third kappa shape index (κ3) is 5.74. The van der Waals surface area contributed by atoms with Crippen molar-refractivity contribution in [3.8, 4) is 17.2 Å². The van der Waals surface area contributed by atoms with Crippen LogP contribution in [0, 0.1) is 18.3 Å². The zero-order chi connectivity index (χ0) is 34.9. The fourth-order valence-corrected chi connectivity index (χ4v) is 6.97. The molecule has 2 atom stereocenters. The molecule has 252 valence electrons. The van der Waals surface area contributed by atoms with Crippen LogP contribution in [0.2, 0.25) is 0 Å². The van der Waals surface area contributed by atoms with E-state index in [-0.39, 0.29) is 38.1 Å². The number of benzene rings is 3. The van der Waals surface area contributed by atoms with E-state index in [1.54, 1.807) is 6.92 Å². The number of para-hydroxylation sites is 2. The van der Waals surface area contributed by atoms with Gasteiger partial charge < -0.3 is 19.3 Å². The number of carbonyl (C=O) groups is 3. The van der Waals surface area contributed by atoms with E-state index < -0.39 is 30.1 Å². The number of fused-ring (bicyclic) bond motifs is 4. The molecule has 0 radical (unpaired) electrons. The normalized spacial score (nSPS) is 16.0. The molecule has 2 N–H and O–H groups in total. The van der Waals surface area contributed by atoms with Crippen LogP contribution < -0.4 is 5.32 Å². The Bertz CT molecular complexity index is 2130. The monoisotopic (exact) mass is 670 g/mol. The molecule has 2 aromatic heterocycles. The quantitative estimate of drug-likeness (QED) is 0.232. The van der Waals surface area contributed by atoms with Crippen LogP contribution in [0.4, 0.5) is 15.5 Å². The number of rotatable bonds is 7. The Morgan fingerprint density at radius 3 is 2.36 bits per heavy atom. The fourth-order valence-electron chi connectivity index (χ4n) is 6.97. The number of nitriles is 1. The van der Waals surface area contributed by atoms with E-state index in [0.717, 1.165) is 38.2 Å². The first-order valence-electron chi connectivity index (χ1n) is 16.4. The van der Waals surface area contributed by atoms with E-state index in [9.17, 15) is 24.8 Å². The number of imidazole rings is 1. The minimum atomic E-state index is -1.22. The van der Waals surface area contributed by atoms with Crippen molar-refractivity contribution in [1.82, 2.24) is 29.3 Å². The van der Waals surface area contributed by atoms with E-state index in [1.807, 2.05) is 84.3 Å². The number of amides is 3. The van der Waals surface area contributed by atoms with Gasteiger partial charge in [-0.05, 0) is 53.8 Å². The second-order valence-corrected chi connectivity index (χ2v) is 12.3. The Morgan fingerprint density at radius 1 is 1.00 bits per heavy atom. The number of piperazine rings is 1. The van der Waals surface area contributed by atoms with Crippen LogP contribution in [0.3, 0.4) is 0 Å². The predicted molar refractivity (Wildman–Crippen MR) is 183 cm³/mol. The predicted octanol–water partition coefficient (Wildman–Crippen LogP) is 5.36. The summed E-state index contributed by atoms with van der Waals surface area (Å²) in [6.45, 7) is 4.05. The smallest absolute Gasteiger partial charge is 0.410 e. The summed E-state index contributed by atoms with van der Waals surface area (Å²) in [6, 6.07) is 24.7. The van der Waals surface area contributed by atoms with Gasteiger partial charge in [-0.3, -0.25) is 15.0 Å². The summed E-state index contributed by atoms with van der Waals surface area (Å²) in [4.78, 5) is 55.3. The molecular formula is C37H34N8O5. The van der Waals surface area contributed by atoms with E-state index in [2.05, 4.69) is 21.4 Å². The SMILES string of the molecule is CCn1c(C(C#N)c2nc(NC(=O)C3CN(C(=O)O)CCN3C(=O)OCC3c4ccccc4-c4ccccc43)ncc2C)nc2ccccc21. The highest BCUT2D eigenvalue weighted by Gasteiger charge is 2.39. The molecule has 1 saturated heterocycles. The number of hydrogen-bond acceptors (Lipinski definition) is 8. The molecule has 1 fully saturated rings. The van der Waals surface area contributed by atoms with E-state index in [1.165, 1.54) is 11.1 Å². The Labute approximate surface area is 287 Å². The number of hydrogen-bond donors (Lipinski definition) is 2. The van der Waals surface area contributed by atoms with Gasteiger partial charge >= 0.3 is 12.2 Å². The molecule has 3 aromatic carbocycles. The largest absolute Gasteiger partial charge is 0.465 e. The Balaban J connectivity index is 1.12. The van der Waals surface area contributed by atoms with Crippen LogP contribution in [0.5, 0.6) is 0 Å². The molecule has 50 heavy (non-hydrogen) atoms. The molecule has 13 nitrogen and oxygen atoms in total. The van der Waals surface area contributed by atoms with Crippen molar-refractivity contribution >= 4 is 35.1 Å². The molecule has 1 aliphatic carbocycles. The molecule has 0 bridgehead atoms. The average Bonchev–Trinajstić information content (AvgIpc) is 3.67. The van der Waals surface area contributed by atoms with Crippen molar-refractivity contribution in [2.45, 2.75) is 38.3 Å². The average molecular weight is 671 g/mol. The lowest BCUT2D eigenvalue weighted by atomic mass is 9.98. The maximum atomic E-state index is 13.8. The fraction of sp³-hybridized carbons (Fsp3) is 0.270. The van der Waals surface area contributed by atoms with Gasteiger partial charge in [0.25, 0.3) is 5.91 Å². The van der Waals surface area contributed by atoms with Crippen LogP contribution in [0.25, 0.3) is 22.2 Å². The van der Waals surface area contributed by atoms with Gasteiger partial charge in [0, 0.05) is 31.7 Å². The Kier molecular flexibility index (Phi) is 8.59. The van der Waals surface area contributed by atoms with Crippen molar-refractivity contribution in [3.05, 3.63) is 107 Å². The maximum Gasteiger partial charge on any atom is 0.410 e. The summed E-state index contributed by atoms with van der Waals surface area (Å²) in [5.41, 5.74) is 6.89. The van der Waals surface area contributed by atoms with Gasteiger partial charge in [-0.15, -0.1) is 0 Å². The first kappa shape index (κ1) is 32.3. The highest BCUT2D eigenvalue weighted by molar-refractivity contribution is 5.96. The summed E-state index contributed by atoms with van der Waals surface area (Å²) >= 11 is 0. The van der Waals surface area contributed by atoms with Crippen molar-refractivity contribution in [2.75, 3.05) is 31.6 Å². The zero-order valence-corrected chi connectivity index (χ0v) is 27.5. The molecule has 3 heterocycles. The lowest BCUT2D eigenvalue weighted by Gasteiger charge is -2.38. The Hall–Kier alpha value is -6.29. The summed E-state index contributed by atoms with van der Waals surface area (Å²) in [7, 11) is 0. The molecular weight excluding hydrogens is 636 g/mol. The lowest BCUT2D eigenvalue weighted by molar-refractivity contribution is -0.122. The van der Waals surface area contributed by atoms with E-state index in [4.69, 9.17) is 9.72 Å². The minimum Gasteiger partial charge on any atom is -0.465 e. The van der Waals surface area contributed by atoms with Crippen molar-refractivity contribution in [2.24, 2.45) is 0 Å². The van der Waals surface area contributed by atoms with Crippen LogP contribution in [-0.4, -0.2) is 84.8 Å². The minimum absolute atomic E-state index is 0.0107. The van der Waals surface area contributed by atoms with Crippen molar-refractivity contribution in [1.29, 1.82) is 5.26 Å². The number of nitrogens with one attached hydrogen (secondary N) is 1. The topological polar surface area (TPSA) is 167 Å². The van der Waals surface area contributed by atoms with Crippen molar-refractivity contribution in [3.63, 3.8) is 0 Å². The number of ether oxygens (including phenoxy) is 1. The van der Waals surface area contributed by atoms with Crippen LogP contribution in [0.15, 0.2) is 79.0 Å². The Morgan fingerprint density at radius 2 is 1.68 bits per heavy atom. The first-order chi connectivity index (χ1) is 24.3. The number of aromatic nitrogens is 4. The van der Waals surface area contributed by atoms with Crippen LogP contribution >= 0.6 is 0 Å². The summed E-state index contributed by atoms with van der Waals surface area (Å²) < 4.78 is 7.80. The maximum absolute atomic E-state index is 13.8. The van der Waals surface area contributed by atoms with Gasteiger partial charge in [0.15, 0.2) is 0 Å². The third-order valence-electron chi connectivity index (χ3n) is 9.43. The molecule has 5 aromatic rings. The van der Waals surface area contributed by atoms with Crippen molar-refractivity contribution < 1.29 is 24.2 Å².